The lowest BCUT2D eigenvalue weighted by atomic mass is 10.1. The molecule has 7 heteroatoms. The quantitative estimate of drug-likeness (QED) is 0.640. The van der Waals surface area contributed by atoms with Crippen molar-refractivity contribution in [3.05, 3.63) is 32.8 Å². The lowest BCUT2D eigenvalue weighted by Crippen LogP contribution is -2.36. The third-order valence-corrected chi connectivity index (χ3v) is 2.90. The number of primary amides is 1. The van der Waals surface area contributed by atoms with E-state index >= 15 is 0 Å². The van der Waals surface area contributed by atoms with E-state index in [0.29, 0.717) is 16.7 Å². The molecule has 0 saturated carbocycles. The van der Waals surface area contributed by atoms with Gasteiger partial charge in [0.1, 0.15) is 5.69 Å². The number of carbonyl (C=O) groups is 1. The first-order valence-corrected chi connectivity index (χ1v) is 6.57. The number of rotatable bonds is 6. The van der Waals surface area contributed by atoms with Crippen LogP contribution in [0.4, 0.5) is 11.4 Å². The number of amides is 1. The summed E-state index contributed by atoms with van der Waals surface area (Å²) in [5.41, 5.74) is 5.56. The summed E-state index contributed by atoms with van der Waals surface area (Å²) in [6, 6.07) is 4.74. The van der Waals surface area contributed by atoms with E-state index in [1.165, 1.54) is 6.07 Å². The van der Waals surface area contributed by atoms with Gasteiger partial charge in [0.15, 0.2) is 0 Å². The molecule has 19 heavy (non-hydrogen) atoms. The van der Waals surface area contributed by atoms with Gasteiger partial charge in [0, 0.05) is 17.1 Å². The second-order valence-corrected chi connectivity index (χ2v) is 5.55. The molecule has 0 unspecified atom stereocenters. The predicted molar refractivity (Wildman–Crippen MR) is 77.0 cm³/mol. The molecule has 1 rings (SSSR count). The number of nitro benzene ring substituents is 1. The van der Waals surface area contributed by atoms with Gasteiger partial charge in [0.2, 0.25) is 5.91 Å². The van der Waals surface area contributed by atoms with Gasteiger partial charge in [0.05, 0.1) is 11.5 Å². The maximum atomic E-state index is 11.1. The van der Waals surface area contributed by atoms with Gasteiger partial charge in [0.25, 0.3) is 5.69 Å². The summed E-state index contributed by atoms with van der Waals surface area (Å²) in [6.45, 7) is 4.42. The molecule has 0 aliphatic rings. The highest BCUT2D eigenvalue weighted by Crippen LogP contribution is 2.31. The van der Waals surface area contributed by atoms with Crippen molar-refractivity contribution in [2.75, 3.05) is 18.0 Å². The van der Waals surface area contributed by atoms with Crippen LogP contribution in [0.3, 0.4) is 0 Å². The van der Waals surface area contributed by atoms with E-state index in [1.54, 1.807) is 17.0 Å². The second-order valence-electron chi connectivity index (χ2n) is 4.63. The van der Waals surface area contributed by atoms with E-state index in [2.05, 4.69) is 15.9 Å². The van der Waals surface area contributed by atoms with Gasteiger partial charge in [-0.15, -0.1) is 0 Å². The van der Waals surface area contributed by atoms with Crippen molar-refractivity contribution in [3.63, 3.8) is 0 Å². The van der Waals surface area contributed by atoms with Crippen molar-refractivity contribution in [2.45, 2.75) is 13.8 Å². The summed E-state index contributed by atoms with van der Waals surface area (Å²) < 4.78 is 0.617. The first-order chi connectivity index (χ1) is 8.81. The second kappa shape index (κ2) is 6.51. The number of hydrogen-bond acceptors (Lipinski definition) is 4. The molecule has 0 fully saturated rings. The molecule has 0 heterocycles. The third-order valence-electron chi connectivity index (χ3n) is 2.41. The number of nitrogens with zero attached hydrogens (tertiary/aromatic N) is 2. The maximum absolute atomic E-state index is 11.1. The molecule has 0 aliphatic carbocycles. The Labute approximate surface area is 119 Å². The fraction of sp³-hybridized carbons (Fsp3) is 0.417. The number of carbonyl (C=O) groups excluding carboxylic acids is 1. The molecule has 0 bridgehead atoms. The summed E-state index contributed by atoms with van der Waals surface area (Å²) in [5, 5.41) is 11.1. The minimum atomic E-state index is -0.516. The Bertz CT molecular complexity index is 491. The summed E-state index contributed by atoms with van der Waals surface area (Å²) in [4.78, 5) is 23.4. The molecular formula is C12H16BrN3O3. The summed E-state index contributed by atoms with van der Waals surface area (Å²) in [6.07, 6.45) is 0. The molecule has 0 aromatic heterocycles. The minimum absolute atomic E-state index is 0.0410. The van der Waals surface area contributed by atoms with E-state index in [-0.39, 0.29) is 18.2 Å². The van der Waals surface area contributed by atoms with E-state index in [9.17, 15) is 14.9 Å². The highest BCUT2D eigenvalue weighted by atomic mass is 79.9. The molecule has 1 amide bonds. The van der Waals surface area contributed by atoms with Gasteiger partial charge >= 0.3 is 0 Å². The van der Waals surface area contributed by atoms with E-state index in [4.69, 9.17) is 5.73 Å². The SMILES string of the molecule is CC(C)CN(CC(N)=O)c1ccc(Br)cc1[N+](=O)[O-]. The van der Waals surface area contributed by atoms with Gasteiger partial charge in [-0.25, -0.2) is 0 Å². The third kappa shape index (κ3) is 4.51. The van der Waals surface area contributed by atoms with Gasteiger partial charge in [-0.3, -0.25) is 14.9 Å². The minimum Gasteiger partial charge on any atom is -0.368 e. The molecule has 104 valence electrons. The van der Waals surface area contributed by atoms with Crippen LogP contribution in [0, 0.1) is 16.0 Å². The number of anilines is 1. The number of hydrogen-bond donors (Lipinski definition) is 1. The van der Waals surface area contributed by atoms with Gasteiger partial charge in [-0.2, -0.15) is 0 Å². The van der Waals surface area contributed by atoms with Crippen LogP contribution in [-0.4, -0.2) is 23.9 Å². The molecule has 1 aromatic carbocycles. The molecule has 2 N–H and O–H groups in total. The van der Waals surface area contributed by atoms with Crippen LogP contribution < -0.4 is 10.6 Å². The van der Waals surface area contributed by atoms with Crippen molar-refractivity contribution in [3.8, 4) is 0 Å². The Hall–Kier alpha value is -1.63. The first-order valence-electron chi connectivity index (χ1n) is 5.78. The average Bonchev–Trinajstić information content (AvgIpc) is 2.26. The lowest BCUT2D eigenvalue weighted by Gasteiger charge is -2.25. The van der Waals surface area contributed by atoms with E-state index in [0.717, 1.165) is 0 Å². The monoisotopic (exact) mass is 329 g/mol. The molecule has 0 saturated heterocycles. The Balaban J connectivity index is 3.20. The fourth-order valence-electron chi connectivity index (χ4n) is 1.79. The van der Waals surface area contributed by atoms with Gasteiger partial charge < -0.3 is 10.6 Å². The number of benzene rings is 1. The Kier molecular flexibility index (Phi) is 5.29. The molecule has 0 atom stereocenters. The largest absolute Gasteiger partial charge is 0.368 e. The van der Waals surface area contributed by atoms with Crippen LogP contribution in [0.1, 0.15) is 13.8 Å². The first kappa shape index (κ1) is 15.4. The normalized spacial score (nSPS) is 10.5. The highest BCUT2D eigenvalue weighted by molar-refractivity contribution is 9.10. The number of nitrogens with two attached hydrogens (primary N) is 1. The van der Waals surface area contributed by atoms with Crippen LogP contribution in [-0.2, 0) is 4.79 Å². The van der Waals surface area contributed by atoms with E-state index < -0.39 is 10.8 Å². The predicted octanol–water partition coefficient (Wildman–Crippen LogP) is 2.30. The number of halogens is 1. The standard InChI is InChI=1S/C12H16BrN3O3/c1-8(2)6-15(7-12(14)17)10-4-3-9(13)5-11(10)16(18)19/h3-5,8H,6-7H2,1-2H3,(H2,14,17). The van der Waals surface area contributed by atoms with Crippen molar-refractivity contribution in [1.29, 1.82) is 0 Å². The molecule has 6 nitrogen and oxygen atoms in total. The van der Waals surface area contributed by atoms with Crippen molar-refractivity contribution < 1.29 is 9.72 Å². The van der Waals surface area contributed by atoms with Crippen LogP contribution in [0.2, 0.25) is 0 Å². The summed E-state index contributed by atoms with van der Waals surface area (Å²) in [7, 11) is 0. The summed E-state index contributed by atoms with van der Waals surface area (Å²) >= 11 is 3.20. The lowest BCUT2D eigenvalue weighted by molar-refractivity contribution is -0.384. The number of nitro groups is 1. The van der Waals surface area contributed by atoms with Gasteiger partial charge in [-0.1, -0.05) is 29.8 Å². The van der Waals surface area contributed by atoms with Crippen LogP contribution in [0.25, 0.3) is 0 Å². The Morgan fingerprint density at radius 1 is 1.53 bits per heavy atom. The molecule has 0 spiro atoms. The molecule has 0 aliphatic heterocycles. The van der Waals surface area contributed by atoms with E-state index in [1.807, 2.05) is 13.8 Å². The zero-order chi connectivity index (χ0) is 14.6. The van der Waals surface area contributed by atoms with Crippen molar-refractivity contribution >= 4 is 33.2 Å². The highest BCUT2D eigenvalue weighted by Gasteiger charge is 2.21. The topological polar surface area (TPSA) is 89.5 Å². The van der Waals surface area contributed by atoms with Crippen molar-refractivity contribution in [1.82, 2.24) is 0 Å². The van der Waals surface area contributed by atoms with Gasteiger partial charge in [-0.05, 0) is 18.1 Å². The molecule has 1 aromatic rings. The van der Waals surface area contributed by atoms with Crippen molar-refractivity contribution in [2.24, 2.45) is 11.7 Å². The Morgan fingerprint density at radius 3 is 2.63 bits per heavy atom. The maximum Gasteiger partial charge on any atom is 0.293 e. The zero-order valence-electron chi connectivity index (χ0n) is 10.8. The molecule has 0 radical (unpaired) electrons. The van der Waals surface area contributed by atoms with Crippen LogP contribution in [0.15, 0.2) is 22.7 Å². The average molecular weight is 330 g/mol. The fourth-order valence-corrected chi connectivity index (χ4v) is 2.14. The van der Waals surface area contributed by atoms with Crippen LogP contribution >= 0.6 is 15.9 Å². The smallest absolute Gasteiger partial charge is 0.293 e. The molecular weight excluding hydrogens is 314 g/mol. The Morgan fingerprint density at radius 2 is 2.16 bits per heavy atom. The van der Waals surface area contributed by atoms with Crippen LogP contribution in [0.5, 0.6) is 0 Å². The zero-order valence-corrected chi connectivity index (χ0v) is 12.4. The summed E-state index contributed by atoms with van der Waals surface area (Å²) in [5.74, 6) is -0.263.